The van der Waals surface area contributed by atoms with E-state index in [1.165, 1.54) is 5.56 Å². The first-order valence-corrected chi connectivity index (χ1v) is 8.11. The Kier molecular flexibility index (Phi) is 3.64. The highest BCUT2D eigenvalue weighted by Gasteiger charge is 2.60. The lowest BCUT2D eigenvalue weighted by Crippen LogP contribution is -2.52. The fourth-order valence-corrected chi connectivity index (χ4v) is 3.45. The van der Waals surface area contributed by atoms with Crippen LogP contribution < -0.4 is 5.32 Å². The molecule has 4 heteroatoms. The molecule has 2 fully saturated rings. The Morgan fingerprint density at radius 1 is 1.18 bits per heavy atom. The number of hydrogen-bond acceptors (Lipinski definition) is 4. The third kappa shape index (κ3) is 2.58. The van der Waals surface area contributed by atoms with Crippen molar-refractivity contribution in [2.75, 3.05) is 6.61 Å². The summed E-state index contributed by atoms with van der Waals surface area (Å²) < 4.78 is 6.13. The molecule has 122 valence electrons. The lowest BCUT2D eigenvalue weighted by Gasteiger charge is -2.35. The number of hydroxylamine groups is 2. The Morgan fingerprint density at radius 2 is 1.82 bits per heavy atom. The first-order chi connectivity index (χ1) is 10.1. The summed E-state index contributed by atoms with van der Waals surface area (Å²) in [6, 6.07) is 10.7. The van der Waals surface area contributed by atoms with Gasteiger partial charge in [0.15, 0.2) is 0 Å². The summed E-state index contributed by atoms with van der Waals surface area (Å²) in [7, 11) is 0. The third-order valence-corrected chi connectivity index (χ3v) is 4.52. The van der Waals surface area contributed by atoms with Crippen LogP contribution in [0.3, 0.4) is 0 Å². The van der Waals surface area contributed by atoms with Crippen molar-refractivity contribution in [2.24, 2.45) is 5.92 Å². The van der Waals surface area contributed by atoms with Gasteiger partial charge in [0.1, 0.15) is 0 Å². The van der Waals surface area contributed by atoms with Gasteiger partial charge in [0.2, 0.25) is 0 Å². The topological polar surface area (TPSA) is 33.7 Å². The smallest absolute Gasteiger partial charge is 0.250 e. The molecule has 0 aliphatic carbocycles. The maximum atomic E-state index is 6.39. The molecule has 1 N–H and O–H groups in total. The van der Waals surface area contributed by atoms with Crippen molar-refractivity contribution >= 4 is 0 Å². The van der Waals surface area contributed by atoms with Gasteiger partial charge in [-0.15, -0.1) is 0 Å². The summed E-state index contributed by atoms with van der Waals surface area (Å²) in [4.78, 5) is 6.39. The van der Waals surface area contributed by atoms with Gasteiger partial charge in [-0.3, -0.25) is 5.32 Å². The van der Waals surface area contributed by atoms with Crippen LogP contribution in [0.4, 0.5) is 0 Å². The summed E-state index contributed by atoms with van der Waals surface area (Å²) in [6.45, 7) is 13.7. The van der Waals surface area contributed by atoms with Crippen molar-refractivity contribution in [3.63, 3.8) is 0 Å². The third-order valence-electron chi connectivity index (χ3n) is 4.52. The van der Waals surface area contributed by atoms with E-state index in [0.717, 1.165) is 0 Å². The lowest BCUT2D eigenvalue weighted by atomic mass is 9.90. The van der Waals surface area contributed by atoms with E-state index < -0.39 is 5.91 Å². The van der Waals surface area contributed by atoms with E-state index in [1.54, 1.807) is 0 Å². The predicted octanol–water partition coefficient (Wildman–Crippen LogP) is 3.46. The van der Waals surface area contributed by atoms with Gasteiger partial charge >= 0.3 is 0 Å². The molecule has 22 heavy (non-hydrogen) atoms. The fraction of sp³-hybridized carbons (Fsp3) is 0.667. The van der Waals surface area contributed by atoms with E-state index in [1.807, 2.05) is 0 Å². The molecular weight excluding hydrogens is 276 g/mol. The van der Waals surface area contributed by atoms with Gasteiger partial charge in [-0.2, -0.15) is 5.06 Å². The van der Waals surface area contributed by atoms with Crippen LogP contribution >= 0.6 is 0 Å². The monoisotopic (exact) mass is 304 g/mol. The van der Waals surface area contributed by atoms with Gasteiger partial charge < -0.3 is 4.74 Å². The quantitative estimate of drug-likeness (QED) is 0.861. The zero-order chi connectivity index (χ0) is 16.2. The minimum absolute atomic E-state index is 0.0800. The number of hydrogen-bond donors (Lipinski definition) is 1. The fourth-order valence-electron chi connectivity index (χ4n) is 3.45. The summed E-state index contributed by atoms with van der Waals surface area (Å²) in [6.07, 6.45) is 0. The molecule has 2 aliphatic rings. The largest absolute Gasteiger partial charge is 0.334 e. The Morgan fingerprint density at radius 3 is 2.32 bits per heavy atom. The van der Waals surface area contributed by atoms with E-state index in [9.17, 15) is 0 Å². The molecule has 2 saturated heterocycles. The van der Waals surface area contributed by atoms with Crippen LogP contribution in [0.1, 0.15) is 53.1 Å². The number of nitrogens with one attached hydrogen (secondary N) is 1. The Labute approximate surface area is 133 Å². The molecule has 2 aliphatic heterocycles. The van der Waals surface area contributed by atoms with Crippen LogP contribution in [-0.4, -0.2) is 28.7 Å². The Hall–Kier alpha value is -0.940. The van der Waals surface area contributed by atoms with Gasteiger partial charge in [0, 0.05) is 17.0 Å². The van der Waals surface area contributed by atoms with Crippen molar-refractivity contribution in [2.45, 2.75) is 64.6 Å². The van der Waals surface area contributed by atoms with Gasteiger partial charge in [-0.05, 0) is 40.2 Å². The first-order valence-electron chi connectivity index (χ1n) is 8.11. The van der Waals surface area contributed by atoms with Crippen LogP contribution in [0.2, 0.25) is 0 Å². The summed E-state index contributed by atoms with van der Waals surface area (Å²) in [5.74, 6) is -0.562. The minimum Gasteiger partial charge on any atom is -0.334 e. The normalized spacial score (nSPS) is 35.4. The van der Waals surface area contributed by atoms with Crippen molar-refractivity contribution in [1.29, 1.82) is 0 Å². The maximum Gasteiger partial charge on any atom is 0.250 e. The molecular formula is C18H28N2O2. The summed E-state index contributed by atoms with van der Waals surface area (Å²) in [5, 5.41) is 5.67. The summed E-state index contributed by atoms with van der Waals surface area (Å²) in [5.41, 5.74) is 1.07. The zero-order valence-corrected chi connectivity index (χ0v) is 14.5. The molecule has 0 bridgehead atoms. The van der Waals surface area contributed by atoms with Gasteiger partial charge in [-0.25, -0.2) is 4.84 Å². The van der Waals surface area contributed by atoms with Crippen molar-refractivity contribution < 1.29 is 9.57 Å². The van der Waals surface area contributed by atoms with Gasteiger partial charge in [0.25, 0.3) is 5.91 Å². The second-order valence-corrected chi connectivity index (χ2v) is 8.20. The van der Waals surface area contributed by atoms with E-state index in [0.29, 0.717) is 6.61 Å². The van der Waals surface area contributed by atoms with Gasteiger partial charge in [0.05, 0.1) is 12.6 Å². The number of benzene rings is 1. The summed E-state index contributed by atoms with van der Waals surface area (Å²) >= 11 is 0. The molecule has 3 atom stereocenters. The highest BCUT2D eigenvalue weighted by atomic mass is 16.8. The minimum atomic E-state index is -0.739. The molecule has 2 heterocycles. The Bertz CT molecular complexity index is 538. The molecule has 1 spiro atoms. The van der Waals surface area contributed by atoms with Crippen LogP contribution in [0, 0.1) is 5.92 Å². The van der Waals surface area contributed by atoms with Crippen LogP contribution in [-0.2, 0) is 9.57 Å². The van der Waals surface area contributed by atoms with E-state index in [2.05, 4.69) is 82.3 Å². The Balaban J connectivity index is 2.00. The molecule has 1 aromatic rings. The molecule has 0 radical (unpaired) electrons. The first kappa shape index (κ1) is 15.9. The van der Waals surface area contributed by atoms with Crippen LogP contribution in [0.15, 0.2) is 30.3 Å². The molecule has 0 unspecified atom stereocenters. The molecule has 0 saturated carbocycles. The van der Waals surface area contributed by atoms with Crippen LogP contribution in [0.25, 0.3) is 0 Å². The van der Waals surface area contributed by atoms with E-state index in [4.69, 9.17) is 9.57 Å². The van der Waals surface area contributed by atoms with E-state index in [-0.39, 0.29) is 23.0 Å². The molecule has 0 aromatic heterocycles. The number of nitrogens with zero attached hydrogens (tertiary/aromatic N) is 1. The SMILES string of the molecule is C[C@H]1[C@H](c2ccccc2)N(C(C)(C)C)O[C@]12NC(C)(C)CO2. The average molecular weight is 304 g/mol. The maximum absolute atomic E-state index is 6.39. The molecule has 1 aromatic carbocycles. The van der Waals surface area contributed by atoms with Gasteiger partial charge in [-0.1, -0.05) is 37.3 Å². The average Bonchev–Trinajstić information content (AvgIpc) is 2.89. The van der Waals surface area contributed by atoms with Crippen LogP contribution in [0.5, 0.6) is 0 Å². The highest BCUT2D eigenvalue weighted by molar-refractivity contribution is 5.22. The van der Waals surface area contributed by atoms with E-state index >= 15 is 0 Å². The predicted molar refractivity (Wildman–Crippen MR) is 86.9 cm³/mol. The molecule has 3 rings (SSSR count). The molecule has 0 amide bonds. The molecule has 4 nitrogen and oxygen atoms in total. The standard InChI is InChI=1S/C18H28N2O2/c1-13-15(14-10-8-7-9-11-14)20(16(2,3)4)22-18(13)19-17(5,6)12-21-18/h7-11,13,15,19H,12H2,1-6H3/t13-,15+,18-/m0/s1. The second kappa shape index (κ2) is 5.03. The van der Waals surface area contributed by atoms with Crippen molar-refractivity contribution in [3.8, 4) is 0 Å². The van der Waals surface area contributed by atoms with Crippen molar-refractivity contribution in [3.05, 3.63) is 35.9 Å². The van der Waals surface area contributed by atoms with Crippen molar-refractivity contribution in [1.82, 2.24) is 10.4 Å². The zero-order valence-electron chi connectivity index (χ0n) is 14.5. The lowest BCUT2D eigenvalue weighted by molar-refractivity contribution is -0.327. The second-order valence-electron chi connectivity index (χ2n) is 8.20. The highest BCUT2D eigenvalue weighted by Crippen LogP contribution is 2.50. The number of ether oxygens (including phenoxy) is 1. The number of rotatable bonds is 1.